The SMILES string of the molecule is CCC(N)(CC)C(=O)N1CCCN(CCOC)CC1. The van der Waals surface area contributed by atoms with Crippen molar-refractivity contribution in [3.63, 3.8) is 0 Å². The van der Waals surface area contributed by atoms with Gasteiger partial charge in [-0.3, -0.25) is 9.69 Å². The van der Waals surface area contributed by atoms with Gasteiger partial charge in [-0.05, 0) is 25.8 Å². The molecule has 19 heavy (non-hydrogen) atoms. The van der Waals surface area contributed by atoms with Crippen LogP contribution in [-0.4, -0.2) is 67.7 Å². The summed E-state index contributed by atoms with van der Waals surface area (Å²) in [6.45, 7) is 9.21. The molecule has 0 unspecified atom stereocenters. The molecule has 0 radical (unpaired) electrons. The third kappa shape index (κ3) is 4.44. The zero-order valence-corrected chi connectivity index (χ0v) is 12.7. The second kappa shape index (κ2) is 7.82. The van der Waals surface area contributed by atoms with Gasteiger partial charge >= 0.3 is 0 Å². The van der Waals surface area contributed by atoms with Crippen LogP contribution in [0.3, 0.4) is 0 Å². The Morgan fingerprint density at radius 1 is 1.21 bits per heavy atom. The van der Waals surface area contributed by atoms with E-state index in [1.165, 1.54) is 0 Å². The number of hydrogen-bond acceptors (Lipinski definition) is 4. The summed E-state index contributed by atoms with van der Waals surface area (Å²) in [7, 11) is 1.72. The third-order valence-corrected chi connectivity index (χ3v) is 4.18. The van der Waals surface area contributed by atoms with Crippen LogP contribution in [-0.2, 0) is 9.53 Å². The molecule has 0 bridgehead atoms. The molecule has 0 saturated carbocycles. The van der Waals surface area contributed by atoms with E-state index in [0.717, 1.165) is 45.8 Å². The fraction of sp³-hybridized carbons (Fsp3) is 0.929. The van der Waals surface area contributed by atoms with Gasteiger partial charge in [0.05, 0.1) is 12.1 Å². The number of amides is 1. The van der Waals surface area contributed by atoms with E-state index in [4.69, 9.17) is 10.5 Å². The molecule has 1 heterocycles. The van der Waals surface area contributed by atoms with Crippen molar-refractivity contribution in [3.8, 4) is 0 Å². The molecular weight excluding hydrogens is 242 g/mol. The summed E-state index contributed by atoms with van der Waals surface area (Å²) >= 11 is 0. The van der Waals surface area contributed by atoms with Gasteiger partial charge in [0.1, 0.15) is 0 Å². The highest BCUT2D eigenvalue weighted by Crippen LogP contribution is 2.16. The van der Waals surface area contributed by atoms with Crippen molar-refractivity contribution in [2.45, 2.75) is 38.6 Å². The maximum atomic E-state index is 12.5. The molecule has 112 valence electrons. The highest BCUT2D eigenvalue weighted by atomic mass is 16.5. The minimum atomic E-state index is -0.679. The van der Waals surface area contributed by atoms with E-state index in [0.29, 0.717) is 12.8 Å². The molecule has 1 saturated heterocycles. The minimum Gasteiger partial charge on any atom is -0.383 e. The van der Waals surface area contributed by atoms with Crippen molar-refractivity contribution < 1.29 is 9.53 Å². The van der Waals surface area contributed by atoms with Gasteiger partial charge in [0.2, 0.25) is 5.91 Å². The molecule has 0 atom stereocenters. The van der Waals surface area contributed by atoms with Crippen molar-refractivity contribution in [3.05, 3.63) is 0 Å². The van der Waals surface area contributed by atoms with Gasteiger partial charge in [0.15, 0.2) is 0 Å². The number of ether oxygens (including phenoxy) is 1. The fourth-order valence-corrected chi connectivity index (χ4v) is 2.49. The standard InChI is InChI=1S/C14H29N3O2/c1-4-14(15,5-2)13(18)17-8-6-7-16(9-10-17)11-12-19-3/h4-12,15H2,1-3H3. The van der Waals surface area contributed by atoms with E-state index in [1.54, 1.807) is 7.11 Å². The average molecular weight is 271 g/mol. The lowest BCUT2D eigenvalue weighted by Gasteiger charge is -2.32. The molecule has 1 rings (SSSR count). The zero-order chi connectivity index (χ0) is 14.3. The molecule has 5 heteroatoms. The second-order valence-corrected chi connectivity index (χ2v) is 5.34. The van der Waals surface area contributed by atoms with Crippen LogP contribution in [0.1, 0.15) is 33.1 Å². The lowest BCUT2D eigenvalue weighted by atomic mass is 9.92. The zero-order valence-electron chi connectivity index (χ0n) is 12.7. The number of carbonyl (C=O) groups is 1. The summed E-state index contributed by atoms with van der Waals surface area (Å²) in [6, 6.07) is 0. The summed E-state index contributed by atoms with van der Waals surface area (Å²) in [5.74, 6) is 0.117. The molecule has 0 aromatic heterocycles. The fourth-order valence-electron chi connectivity index (χ4n) is 2.49. The van der Waals surface area contributed by atoms with Crippen LogP contribution < -0.4 is 5.73 Å². The Balaban J connectivity index is 2.54. The lowest BCUT2D eigenvalue weighted by molar-refractivity contribution is -0.137. The molecule has 1 aliphatic heterocycles. The Hall–Kier alpha value is -0.650. The molecule has 0 aliphatic carbocycles. The molecule has 0 aromatic rings. The average Bonchev–Trinajstić information content (AvgIpc) is 2.68. The van der Waals surface area contributed by atoms with Gasteiger partial charge in [0, 0.05) is 33.3 Å². The summed E-state index contributed by atoms with van der Waals surface area (Å²) in [4.78, 5) is 16.8. The van der Waals surface area contributed by atoms with Crippen molar-refractivity contribution >= 4 is 5.91 Å². The smallest absolute Gasteiger partial charge is 0.242 e. The molecular formula is C14H29N3O2. The molecule has 2 N–H and O–H groups in total. The van der Waals surface area contributed by atoms with Crippen LogP contribution in [0.5, 0.6) is 0 Å². The molecule has 1 fully saturated rings. The first-order valence-electron chi connectivity index (χ1n) is 7.37. The van der Waals surface area contributed by atoms with Crippen molar-refractivity contribution in [1.29, 1.82) is 0 Å². The minimum absolute atomic E-state index is 0.117. The van der Waals surface area contributed by atoms with Crippen molar-refractivity contribution in [2.75, 3.05) is 46.4 Å². The molecule has 0 spiro atoms. The van der Waals surface area contributed by atoms with Gasteiger partial charge in [-0.15, -0.1) is 0 Å². The maximum absolute atomic E-state index is 12.5. The molecule has 5 nitrogen and oxygen atoms in total. The van der Waals surface area contributed by atoms with Gasteiger partial charge in [-0.25, -0.2) is 0 Å². The Morgan fingerprint density at radius 2 is 1.89 bits per heavy atom. The normalized spacial score (nSPS) is 18.4. The predicted octanol–water partition coefficient (Wildman–Crippen LogP) is 0.685. The van der Waals surface area contributed by atoms with Gasteiger partial charge in [0.25, 0.3) is 0 Å². The van der Waals surface area contributed by atoms with E-state index in [2.05, 4.69) is 4.90 Å². The number of nitrogens with zero attached hydrogens (tertiary/aromatic N) is 2. The van der Waals surface area contributed by atoms with E-state index < -0.39 is 5.54 Å². The summed E-state index contributed by atoms with van der Waals surface area (Å²) in [5.41, 5.74) is 5.53. The van der Waals surface area contributed by atoms with Gasteiger partial charge in [-0.2, -0.15) is 0 Å². The summed E-state index contributed by atoms with van der Waals surface area (Å²) in [5, 5.41) is 0. The number of carbonyl (C=O) groups excluding carboxylic acids is 1. The highest BCUT2D eigenvalue weighted by molar-refractivity contribution is 5.86. The van der Waals surface area contributed by atoms with Crippen LogP contribution in [0.2, 0.25) is 0 Å². The number of rotatable bonds is 6. The predicted molar refractivity (Wildman–Crippen MR) is 77.0 cm³/mol. The highest BCUT2D eigenvalue weighted by Gasteiger charge is 2.34. The quantitative estimate of drug-likeness (QED) is 0.772. The first-order valence-corrected chi connectivity index (χ1v) is 7.37. The molecule has 0 aromatic carbocycles. The van der Waals surface area contributed by atoms with Crippen molar-refractivity contribution in [2.24, 2.45) is 5.73 Å². The Kier molecular flexibility index (Phi) is 6.75. The lowest BCUT2D eigenvalue weighted by Crippen LogP contribution is -2.55. The topological polar surface area (TPSA) is 58.8 Å². The van der Waals surface area contributed by atoms with Crippen LogP contribution >= 0.6 is 0 Å². The van der Waals surface area contributed by atoms with E-state index in [1.807, 2.05) is 18.7 Å². The van der Waals surface area contributed by atoms with E-state index in [-0.39, 0.29) is 5.91 Å². The molecule has 1 aliphatic rings. The van der Waals surface area contributed by atoms with Crippen molar-refractivity contribution in [1.82, 2.24) is 9.80 Å². The van der Waals surface area contributed by atoms with Crippen LogP contribution in [0.4, 0.5) is 0 Å². The Bertz CT molecular complexity index is 280. The Labute approximate surface area is 117 Å². The molecule has 1 amide bonds. The van der Waals surface area contributed by atoms with Crippen LogP contribution in [0.25, 0.3) is 0 Å². The third-order valence-electron chi connectivity index (χ3n) is 4.18. The summed E-state index contributed by atoms with van der Waals surface area (Å²) in [6.07, 6.45) is 2.41. The number of methoxy groups -OCH3 is 1. The van der Waals surface area contributed by atoms with E-state index >= 15 is 0 Å². The van der Waals surface area contributed by atoms with Crippen LogP contribution in [0.15, 0.2) is 0 Å². The summed E-state index contributed by atoms with van der Waals surface area (Å²) < 4.78 is 5.11. The maximum Gasteiger partial charge on any atom is 0.242 e. The number of nitrogens with two attached hydrogens (primary N) is 1. The van der Waals surface area contributed by atoms with Crippen LogP contribution in [0, 0.1) is 0 Å². The second-order valence-electron chi connectivity index (χ2n) is 5.34. The largest absolute Gasteiger partial charge is 0.383 e. The first kappa shape index (κ1) is 16.4. The monoisotopic (exact) mass is 271 g/mol. The first-order chi connectivity index (χ1) is 9.07. The van der Waals surface area contributed by atoms with Gasteiger partial charge in [-0.1, -0.05) is 13.8 Å². The van der Waals surface area contributed by atoms with E-state index in [9.17, 15) is 4.79 Å². The Morgan fingerprint density at radius 3 is 2.47 bits per heavy atom. The van der Waals surface area contributed by atoms with Gasteiger partial charge < -0.3 is 15.4 Å². The number of hydrogen-bond donors (Lipinski definition) is 1.